The fourth-order valence-electron chi connectivity index (χ4n) is 3.32. The minimum absolute atomic E-state index is 0.0823. The van der Waals surface area contributed by atoms with E-state index in [2.05, 4.69) is 10.3 Å². The predicted molar refractivity (Wildman–Crippen MR) is 125 cm³/mol. The summed E-state index contributed by atoms with van der Waals surface area (Å²) in [6, 6.07) is 13.0. The van der Waals surface area contributed by atoms with E-state index in [9.17, 15) is 19.7 Å². The lowest BCUT2D eigenvalue weighted by molar-refractivity contribution is -0.384. The standard InChI is InChI=1S/C21H18N4O5S2/c26-19(14-4-2-1-3-5-14)22-24-20(27)18(32-21(24)31)13-15-12-16(25(28)29)6-7-17(15)23-8-10-30-11-9-23/h1-7,12-13H,8-11H2,(H,22,26)/b18-13-. The summed E-state index contributed by atoms with van der Waals surface area (Å²) >= 11 is 6.31. The number of morpholine rings is 1. The van der Waals surface area contributed by atoms with Gasteiger partial charge in [-0.25, -0.2) is 0 Å². The maximum Gasteiger partial charge on any atom is 0.285 e. The van der Waals surface area contributed by atoms with E-state index < -0.39 is 16.7 Å². The van der Waals surface area contributed by atoms with Crippen LogP contribution in [0.1, 0.15) is 15.9 Å². The molecule has 164 valence electrons. The summed E-state index contributed by atoms with van der Waals surface area (Å²) in [5.74, 6) is -0.962. The highest BCUT2D eigenvalue weighted by atomic mass is 32.2. The number of nitrogens with one attached hydrogen (secondary N) is 1. The Bertz CT molecular complexity index is 1120. The van der Waals surface area contributed by atoms with Gasteiger partial charge in [-0.1, -0.05) is 30.0 Å². The van der Waals surface area contributed by atoms with Gasteiger partial charge in [-0.3, -0.25) is 25.1 Å². The molecule has 2 heterocycles. The number of amides is 2. The molecule has 0 unspecified atom stereocenters. The lowest BCUT2D eigenvalue weighted by atomic mass is 10.1. The van der Waals surface area contributed by atoms with Crippen LogP contribution < -0.4 is 10.3 Å². The third kappa shape index (κ3) is 4.64. The number of hydrazine groups is 1. The number of nitrogens with zero attached hydrogens (tertiary/aromatic N) is 3. The van der Waals surface area contributed by atoms with Crippen molar-refractivity contribution in [2.45, 2.75) is 0 Å². The maximum atomic E-state index is 13.0. The summed E-state index contributed by atoms with van der Waals surface area (Å²) in [6.45, 7) is 2.35. The van der Waals surface area contributed by atoms with Crippen molar-refractivity contribution in [3.8, 4) is 0 Å². The van der Waals surface area contributed by atoms with Crippen molar-refractivity contribution in [3.05, 3.63) is 74.7 Å². The largest absolute Gasteiger partial charge is 0.378 e. The summed E-state index contributed by atoms with van der Waals surface area (Å²) in [5.41, 5.74) is 4.12. The summed E-state index contributed by atoms with van der Waals surface area (Å²) < 4.78 is 5.56. The molecule has 9 nitrogen and oxygen atoms in total. The number of ether oxygens (including phenoxy) is 1. The first-order chi connectivity index (χ1) is 15.4. The van der Waals surface area contributed by atoms with Crippen LogP contribution in [0.15, 0.2) is 53.4 Å². The van der Waals surface area contributed by atoms with Crippen molar-refractivity contribution in [1.82, 2.24) is 10.4 Å². The summed E-state index contributed by atoms with van der Waals surface area (Å²) in [5, 5.41) is 12.3. The Balaban J connectivity index is 1.62. The molecular formula is C21H18N4O5S2. The van der Waals surface area contributed by atoms with Crippen LogP contribution in [0.4, 0.5) is 11.4 Å². The number of nitro groups is 1. The molecule has 2 saturated heterocycles. The molecule has 0 radical (unpaired) electrons. The first-order valence-electron chi connectivity index (χ1n) is 9.69. The van der Waals surface area contributed by atoms with Crippen LogP contribution in [0.2, 0.25) is 0 Å². The van der Waals surface area contributed by atoms with Gasteiger partial charge in [0.05, 0.1) is 23.0 Å². The van der Waals surface area contributed by atoms with E-state index >= 15 is 0 Å². The predicted octanol–water partition coefficient (Wildman–Crippen LogP) is 2.98. The molecule has 2 aromatic rings. The molecule has 11 heteroatoms. The number of thioether (sulfide) groups is 1. The average Bonchev–Trinajstić information content (AvgIpc) is 3.07. The Morgan fingerprint density at radius 3 is 2.59 bits per heavy atom. The van der Waals surface area contributed by atoms with E-state index in [1.807, 2.05) is 0 Å². The highest BCUT2D eigenvalue weighted by molar-refractivity contribution is 8.26. The fourth-order valence-corrected chi connectivity index (χ4v) is 4.49. The minimum Gasteiger partial charge on any atom is -0.378 e. The number of hydrogen-bond acceptors (Lipinski definition) is 8. The first-order valence-corrected chi connectivity index (χ1v) is 10.9. The third-order valence-electron chi connectivity index (χ3n) is 4.90. The van der Waals surface area contributed by atoms with Crippen molar-refractivity contribution in [2.24, 2.45) is 0 Å². The van der Waals surface area contributed by atoms with E-state index in [1.165, 1.54) is 12.1 Å². The van der Waals surface area contributed by atoms with Gasteiger partial charge in [0.15, 0.2) is 4.32 Å². The number of anilines is 1. The second-order valence-corrected chi connectivity index (χ2v) is 8.60. The zero-order valence-corrected chi connectivity index (χ0v) is 18.4. The van der Waals surface area contributed by atoms with Crippen molar-refractivity contribution in [3.63, 3.8) is 0 Å². The van der Waals surface area contributed by atoms with Gasteiger partial charge in [0, 0.05) is 42.0 Å². The lowest BCUT2D eigenvalue weighted by Crippen LogP contribution is -2.44. The normalized spacial score (nSPS) is 17.7. The van der Waals surface area contributed by atoms with E-state index in [4.69, 9.17) is 17.0 Å². The van der Waals surface area contributed by atoms with Crippen LogP contribution in [0.5, 0.6) is 0 Å². The number of rotatable bonds is 5. The Hall–Kier alpha value is -3.28. The van der Waals surface area contributed by atoms with Gasteiger partial charge in [-0.05, 0) is 36.5 Å². The molecule has 0 atom stereocenters. The second kappa shape index (κ2) is 9.47. The zero-order valence-electron chi connectivity index (χ0n) is 16.7. The molecule has 2 aromatic carbocycles. The molecule has 0 bridgehead atoms. The van der Waals surface area contributed by atoms with Crippen LogP contribution >= 0.6 is 24.0 Å². The molecule has 0 aromatic heterocycles. The average molecular weight is 471 g/mol. The first kappa shape index (κ1) is 21.9. The fraction of sp³-hybridized carbons (Fsp3) is 0.190. The Morgan fingerprint density at radius 1 is 1.19 bits per heavy atom. The zero-order chi connectivity index (χ0) is 22.7. The Kier molecular flexibility index (Phi) is 6.49. The maximum absolute atomic E-state index is 13.0. The summed E-state index contributed by atoms with van der Waals surface area (Å²) in [4.78, 5) is 38.6. The van der Waals surface area contributed by atoms with Gasteiger partial charge in [0.2, 0.25) is 0 Å². The lowest BCUT2D eigenvalue weighted by Gasteiger charge is -2.30. The van der Waals surface area contributed by atoms with Crippen LogP contribution in [-0.4, -0.2) is 52.4 Å². The molecule has 4 rings (SSSR count). The number of carbonyl (C=O) groups excluding carboxylic acids is 2. The van der Waals surface area contributed by atoms with Gasteiger partial charge in [-0.2, -0.15) is 5.01 Å². The van der Waals surface area contributed by atoms with Crippen molar-refractivity contribution >= 4 is 57.6 Å². The van der Waals surface area contributed by atoms with Crippen LogP contribution in [0.25, 0.3) is 6.08 Å². The van der Waals surface area contributed by atoms with Crippen molar-refractivity contribution in [1.29, 1.82) is 0 Å². The number of carbonyl (C=O) groups is 2. The number of thiocarbonyl (C=S) groups is 1. The second-order valence-electron chi connectivity index (χ2n) is 6.92. The highest BCUT2D eigenvalue weighted by Gasteiger charge is 2.34. The highest BCUT2D eigenvalue weighted by Crippen LogP contribution is 2.35. The van der Waals surface area contributed by atoms with Crippen LogP contribution in [0, 0.1) is 10.1 Å². The molecule has 32 heavy (non-hydrogen) atoms. The van der Waals surface area contributed by atoms with Gasteiger partial charge in [0.1, 0.15) is 0 Å². The van der Waals surface area contributed by atoms with E-state index in [-0.39, 0.29) is 14.9 Å². The van der Waals surface area contributed by atoms with E-state index in [0.717, 1.165) is 22.5 Å². The molecule has 0 saturated carbocycles. The minimum atomic E-state index is -0.497. The smallest absolute Gasteiger partial charge is 0.285 e. The van der Waals surface area contributed by atoms with E-state index in [1.54, 1.807) is 42.5 Å². The molecule has 2 aliphatic heterocycles. The van der Waals surface area contributed by atoms with Crippen LogP contribution in [-0.2, 0) is 9.53 Å². The number of nitro benzene ring substituents is 1. The van der Waals surface area contributed by atoms with Crippen molar-refractivity contribution < 1.29 is 19.2 Å². The third-order valence-corrected chi connectivity index (χ3v) is 6.21. The molecule has 2 fully saturated rings. The van der Waals surface area contributed by atoms with Gasteiger partial charge >= 0.3 is 0 Å². The van der Waals surface area contributed by atoms with Crippen molar-refractivity contribution in [2.75, 3.05) is 31.2 Å². The number of benzene rings is 2. The molecule has 0 aliphatic carbocycles. The summed E-state index contributed by atoms with van der Waals surface area (Å²) in [7, 11) is 0. The Morgan fingerprint density at radius 2 is 1.91 bits per heavy atom. The van der Waals surface area contributed by atoms with Gasteiger partial charge in [-0.15, -0.1) is 0 Å². The van der Waals surface area contributed by atoms with Gasteiger partial charge < -0.3 is 9.64 Å². The number of non-ortho nitro benzene ring substituents is 1. The van der Waals surface area contributed by atoms with E-state index in [0.29, 0.717) is 37.4 Å². The molecule has 2 aliphatic rings. The number of hydrogen-bond donors (Lipinski definition) is 1. The van der Waals surface area contributed by atoms with Crippen LogP contribution in [0.3, 0.4) is 0 Å². The SMILES string of the molecule is O=C(NN1C(=O)/C(=C/c2cc([N+](=O)[O-])ccc2N2CCOCC2)SC1=S)c1ccccc1. The molecule has 2 amide bonds. The molecule has 0 spiro atoms. The topological polar surface area (TPSA) is 105 Å². The molecule has 1 N–H and O–H groups in total. The monoisotopic (exact) mass is 470 g/mol. The summed E-state index contributed by atoms with van der Waals surface area (Å²) in [6.07, 6.45) is 1.58. The van der Waals surface area contributed by atoms with Gasteiger partial charge in [0.25, 0.3) is 17.5 Å². The molecular weight excluding hydrogens is 452 g/mol. The quantitative estimate of drug-likeness (QED) is 0.308. The Labute approximate surface area is 193 Å².